The number of anilines is 1. The number of hydrogen-bond acceptors (Lipinski definition) is 4. The molecule has 3 fully saturated rings. The van der Waals surface area contributed by atoms with Gasteiger partial charge >= 0.3 is 0 Å². The molecule has 1 saturated heterocycles. The first-order valence-electron chi connectivity index (χ1n) is 9.62. The third-order valence-electron chi connectivity index (χ3n) is 6.25. The number of carbonyl (C=O) groups is 1. The van der Waals surface area contributed by atoms with E-state index >= 15 is 0 Å². The Kier molecular flexibility index (Phi) is 4.42. The van der Waals surface area contributed by atoms with Gasteiger partial charge in [0.1, 0.15) is 0 Å². The Hall–Kier alpha value is -1.65. The highest BCUT2D eigenvalue weighted by Crippen LogP contribution is 2.44. The minimum Gasteiger partial charge on any atom is -0.349 e. The van der Waals surface area contributed by atoms with Crippen molar-refractivity contribution in [2.24, 2.45) is 11.8 Å². The number of nitrogens with zero attached hydrogens (tertiary/aromatic N) is 3. The first kappa shape index (κ1) is 15.9. The lowest BCUT2D eigenvalue weighted by atomic mass is 9.97. The fourth-order valence-corrected chi connectivity index (χ4v) is 4.91. The van der Waals surface area contributed by atoms with E-state index in [1.165, 1.54) is 44.9 Å². The Morgan fingerprint density at radius 2 is 1.96 bits per heavy atom. The Labute approximate surface area is 144 Å². The van der Waals surface area contributed by atoms with Crippen molar-refractivity contribution in [1.82, 2.24) is 15.3 Å². The van der Waals surface area contributed by atoms with Crippen LogP contribution in [0.1, 0.15) is 67.4 Å². The van der Waals surface area contributed by atoms with Gasteiger partial charge in [0.15, 0.2) is 0 Å². The van der Waals surface area contributed by atoms with Crippen molar-refractivity contribution in [1.29, 1.82) is 0 Å². The maximum absolute atomic E-state index is 12.7. The van der Waals surface area contributed by atoms with E-state index in [9.17, 15) is 4.79 Å². The van der Waals surface area contributed by atoms with Crippen LogP contribution in [0.25, 0.3) is 0 Å². The average Bonchev–Trinajstić information content (AvgIpc) is 3.20. The van der Waals surface area contributed by atoms with Crippen molar-refractivity contribution in [3.63, 3.8) is 0 Å². The molecule has 1 aromatic rings. The Bertz CT molecular complexity index is 611. The van der Waals surface area contributed by atoms with E-state index in [1.54, 1.807) is 6.20 Å². The second-order valence-electron chi connectivity index (χ2n) is 7.73. The monoisotopic (exact) mass is 328 g/mol. The van der Waals surface area contributed by atoms with Crippen LogP contribution in [0.5, 0.6) is 0 Å². The number of rotatable bonds is 3. The van der Waals surface area contributed by atoms with Gasteiger partial charge in [-0.15, -0.1) is 0 Å². The number of hydrogen-bond donors (Lipinski definition) is 1. The molecule has 0 aromatic carbocycles. The number of aryl methyl sites for hydroxylation is 1. The van der Waals surface area contributed by atoms with Crippen molar-refractivity contribution < 1.29 is 4.79 Å². The molecule has 0 radical (unpaired) electrons. The summed E-state index contributed by atoms with van der Waals surface area (Å²) in [6, 6.07) is 0.353. The second kappa shape index (κ2) is 6.69. The number of piperidine rings is 1. The highest BCUT2D eigenvalue weighted by atomic mass is 16.1. The van der Waals surface area contributed by atoms with Gasteiger partial charge in [-0.1, -0.05) is 12.8 Å². The van der Waals surface area contributed by atoms with E-state index < -0.39 is 0 Å². The zero-order valence-corrected chi connectivity index (χ0v) is 14.6. The van der Waals surface area contributed by atoms with Gasteiger partial charge in [0.05, 0.1) is 11.3 Å². The third-order valence-corrected chi connectivity index (χ3v) is 6.25. The van der Waals surface area contributed by atoms with Crippen LogP contribution >= 0.6 is 0 Å². The lowest BCUT2D eigenvalue weighted by molar-refractivity contribution is 0.0925. The van der Waals surface area contributed by atoms with Crippen LogP contribution in [-0.4, -0.2) is 35.0 Å². The molecule has 2 heterocycles. The third kappa shape index (κ3) is 3.01. The molecule has 1 amide bonds. The topological polar surface area (TPSA) is 58.1 Å². The quantitative estimate of drug-likeness (QED) is 0.926. The highest BCUT2D eigenvalue weighted by Gasteiger charge is 2.39. The molecule has 1 N–H and O–H groups in total. The molecular weight excluding hydrogens is 300 g/mol. The van der Waals surface area contributed by atoms with Crippen molar-refractivity contribution >= 4 is 11.9 Å². The fourth-order valence-electron chi connectivity index (χ4n) is 4.91. The molecule has 0 bridgehead atoms. The van der Waals surface area contributed by atoms with Crippen LogP contribution in [0.2, 0.25) is 0 Å². The fraction of sp³-hybridized carbons (Fsp3) is 0.737. The van der Waals surface area contributed by atoms with Gasteiger partial charge in [-0.05, 0) is 57.3 Å². The number of amides is 1. The summed E-state index contributed by atoms with van der Waals surface area (Å²) < 4.78 is 0. The predicted octanol–water partition coefficient (Wildman–Crippen LogP) is 3.08. The normalized spacial score (nSPS) is 29.5. The number of fused-ring (bicyclic) bond motifs is 1. The molecular formula is C19H28N4O. The predicted molar refractivity (Wildman–Crippen MR) is 94.2 cm³/mol. The largest absolute Gasteiger partial charge is 0.349 e. The molecule has 2 saturated carbocycles. The zero-order chi connectivity index (χ0) is 16.5. The van der Waals surface area contributed by atoms with Crippen LogP contribution in [-0.2, 0) is 0 Å². The molecule has 5 nitrogen and oxygen atoms in total. The summed E-state index contributed by atoms with van der Waals surface area (Å²) in [6.45, 7) is 3.98. The van der Waals surface area contributed by atoms with Gasteiger partial charge in [0.2, 0.25) is 5.95 Å². The van der Waals surface area contributed by atoms with Crippen LogP contribution in [0.4, 0.5) is 5.95 Å². The summed E-state index contributed by atoms with van der Waals surface area (Å²) in [5.41, 5.74) is 1.43. The van der Waals surface area contributed by atoms with E-state index in [-0.39, 0.29) is 5.91 Å². The smallest absolute Gasteiger partial charge is 0.254 e. The molecule has 3 aliphatic rings. The number of aromatic nitrogens is 2. The van der Waals surface area contributed by atoms with Gasteiger partial charge in [-0.25, -0.2) is 9.97 Å². The van der Waals surface area contributed by atoms with Gasteiger partial charge in [-0.3, -0.25) is 4.79 Å². The van der Waals surface area contributed by atoms with Crippen molar-refractivity contribution in [3.8, 4) is 0 Å². The molecule has 1 aromatic heterocycles. The summed E-state index contributed by atoms with van der Waals surface area (Å²) >= 11 is 0. The van der Waals surface area contributed by atoms with E-state index in [1.807, 2.05) is 6.92 Å². The first-order chi connectivity index (χ1) is 11.7. The molecule has 24 heavy (non-hydrogen) atoms. The van der Waals surface area contributed by atoms with Gasteiger partial charge in [-0.2, -0.15) is 0 Å². The minimum atomic E-state index is 0.00949. The molecule has 0 unspecified atom stereocenters. The molecule has 5 heteroatoms. The lowest BCUT2D eigenvalue weighted by Crippen LogP contribution is -2.38. The zero-order valence-electron chi connectivity index (χ0n) is 14.6. The maximum atomic E-state index is 12.7. The van der Waals surface area contributed by atoms with Crippen molar-refractivity contribution in [2.75, 3.05) is 18.0 Å². The van der Waals surface area contributed by atoms with Crippen molar-refractivity contribution in [2.45, 2.75) is 64.3 Å². The lowest BCUT2D eigenvalue weighted by Gasteiger charge is -2.27. The van der Waals surface area contributed by atoms with Gasteiger partial charge in [0.25, 0.3) is 5.91 Å². The second-order valence-corrected chi connectivity index (χ2v) is 7.73. The van der Waals surface area contributed by atoms with Crippen LogP contribution < -0.4 is 10.2 Å². The minimum absolute atomic E-state index is 0.00949. The Morgan fingerprint density at radius 3 is 2.75 bits per heavy atom. The van der Waals surface area contributed by atoms with E-state index in [0.717, 1.165) is 37.1 Å². The van der Waals surface area contributed by atoms with Crippen LogP contribution in [0.15, 0.2) is 6.20 Å². The summed E-state index contributed by atoms with van der Waals surface area (Å²) in [5.74, 6) is 2.33. The standard InChI is InChI=1S/C19H28N4O/c1-13-16(12-20-19(21-13)23-10-3-2-4-11-23)18(24)22-17-9-8-14-6-5-7-15(14)17/h12,14-15,17H,2-11H2,1H3,(H,22,24)/t14-,15-,17-/m0/s1. The van der Waals surface area contributed by atoms with Gasteiger partial charge < -0.3 is 10.2 Å². The van der Waals surface area contributed by atoms with E-state index in [4.69, 9.17) is 0 Å². The first-order valence-corrected chi connectivity index (χ1v) is 9.62. The number of carbonyl (C=O) groups excluding carboxylic acids is 1. The van der Waals surface area contributed by atoms with Crippen molar-refractivity contribution in [3.05, 3.63) is 17.5 Å². The molecule has 4 rings (SSSR count). The maximum Gasteiger partial charge on any atom is 0.254 e. The van der Waals surface area contributed by atoms with E-state index in [0.29, 0.717) is 17.5 Å². The molecule has 3 atom stereocenters. The summed E-state index contributed by atoms with van der Waals surface area (Å²) in [7, 11) is 0. The SMILES string of the molecule is Cc1nc(N2CCCCC2)ncc1C(=O)N[C@H]1CC[C@@H]2CCC[C@@H]21. The molecule has 130 valence electrons. The summed E-state index contributed by atoms with van der Waals surface area (Å²) in [4.78, 5) is 24.0. The van der Waals surface area contributed by atoms with Gasteiger partial charge in [0, 0.05) is 25.3 Å². The van der Waals surface area contributed by atoms with E-state index in [2.05, 4.69) is 20.2 Å². The summed E-state index contributed by atoms with van der Waals surface area (Å²) in [6.07, 6.45) is 11.8. The molecule has 2 aliphatic carbocycles. The Morgan fingerprint density at radius 1 is 1.12 bits per heavy atom. The van der Waals surface area contributed by atoms with Crippen LogP contribution in [0, 0.1) is 18.8 Å². The molecule has 0 spiro atoms. The van der Waals surface area contributed by atoms with Crippen LogP contribution in [0.3, 0.4) is 0 Å². The Balaban J connectivity index is 1.44. The highest BCUT2D eigenvalue weighted by molar-refractivity contribution is 5.95. The molecule has 1 aliphatic heterocycles. The summed E-state index contributed by atoms with van der Waals surface area (Å²) in [5, 5.41) is 3.27. The average molecular weight is 328 g/mol. The number of nitrogens with one attached hydrogen (secondary N) is 1.